The molecular weight excluding hydrogens is 798 g/mol. The van der Waals surface area contributed by atoms with E-state index in [0.29, 0.717) is 47.8 Å². The van der Waals surface area contributed by atoms with Crippen LogP contribution in [0.5, 0.6) is 0 Å². The van der Waals surface area contributed by atoms with Crippen LogP contribution in [0.15, 0.2) is 30.5 Å². The molecule has 20 nitrogen and oxygen atoms in total. The number of fused-ring (bicyclic) bond motifs is 1. The van der Waals surface area contributed by atoms with E-state index < -0.39 is 64.9 Å². The molecule has 2 heterocycles. The number of likely N-dealkylation sites (N-methyl/N-ethyl adjacent to an activating group) is 1. The van der Waals surface area contributed by atoms with Gasteiger partial charge in [-0.2, -0.15) is 0 Å². The first-order valence-corrected chi connectivity index (χ1v) is 20.8. The van der Waals surface area contributed by atoms with Crippen molar-refractivity contribution in [2.45, 2.75) is 148 Å². The van der Waals surface area contributed by atoms with Gasteiger partial charge in [0, 0.05) is 30.1 Å². The molecule has 1 aromatic carbocycles. The Labute approximate surface area is 356 Å². The summed E-state index contributed by atoms with van der Waals surface area (Å²) in [4.78, 5) is 95.4. The number of hydrogen-bond donors (Lipinski definition) is 3. The highest BCUT2D eigenvalue weighted by molar-refractivity contribution is 5.95. The van der Waals surface area contributed by atoms with Gasteiger partial charge in [-0.3, -0.25) is 19.0 Å². The normalized spacial score (nSPS) is 17.0. The van der Waals surface area contributed by atoms with Gasteiger partial charge in [0.05, 0.1) is 25.3 Å². The standard InChI is InChI=1S/C33H50N6O12.C8H15NO/c1-7-8-15-25(31(42)49-17-12-11-13-23(51-39(46)47)21-50-38(44)45)35-29(40)26(36-30(41)27(34-5)19-33(2,3)4)18-22-20-37(32(43)48-6)28-16-10-9-14-24(22)28;1-7-4-3-5-8(2)9(7)6-10/h9-10,14,16,20,23,25-27,34H,7-8,11-13,15,17-19,21H2,1-6H3,(H,35,40)(H,36,41);6-8H,3-5H2,1-2H3. The van der Waals surface area contributed by atoms with Crippen LogP contribution in [0.25, 0.3) is 10.9 Å². The summed E-state index contributed by atoms with van der Waals surface area (Å²) < 4.78 is 11.7. The molecule has 0 saturated carbocycles. The Morgan fingerprint density at radius 2 is 1.57 bits per heavy atom. The average Bonchev–Trinajstić information content (AvgIpc) is 3.57. The van der Waals surface area contributed by atoms with E-state index in [2.05, 4.69) is 39.5 Å². The molecule has 0 aliphatic carbocycles. The third kappa shape index (κ3) is 17.9. The lowest BCUT2D eigenvalue weighted by Crippen LogP contribution is -2.56. The van der Waals surface area contributed by atoms with Gasteiger partial charge in [0.2, 0.25) is 18.2 Å². The van der Waals surface area contributed by atoms with E-state index in [4.69, 9.17) is 9.47 Å². The summed E-state index contributed by atoms with van der Waals surface area (Å²) in [6.07, 6.45) is 6.87. The monoisotopic (exact) mass is 863 g/mol. The summed E-state index contributed by atoms with van der Waals surface area (Å²) in [5.41, 5.74) is 0.926. The van der Waals surface area contributed by atoms with Crippen molar-refractivity contribution in [3.05, 3.63) is 56.3 Å². The number of carbonyl (C=O) groups excluding carboxylic acids is 5. The maximum absolute atomic E-state index is 14.0. The number of methoxy groups -OCH3 is 1. The van der Waals surface area contributed by atoms with E-state index in [9.17, 15) is 44.2 Å². The number of nitrogens with zero attached hydrogens (tertiary/aromatic N) is 4. The first kappa shape index (κ1) is 51.6. The van der Waals surface area contributed by atoms with Crippen molar-refractivity contribution in [1.29, 1.82) is 0 Å². The SMILES string of the molecule is CC1CCCC(C)N1C=O.CCCCC(NC(=O)C(Cc1cn(C(=O)OC)c2ccccc12)NC(=O)C(CC(C)(C)C)NC)C(=O)OCCCCC(CO[N+](=O)[O-])O[N+](=O)[O-]. The van der Waals surface area contributed by atoms with E-state index >= 15 is 0 Å². The van der Waals surface area contributed by atoms with Crippen molar-refractivity contribution < 1.29 is 53.3 Å². The molecule has 3 N–H and O–H groups in total. The smallest absolute Gasteiger partial charge is 0.418 e. The minimum atomic E-state index is -1.18. The van der Waals surface area contributed by atoms with Gasteiger partial charge in [0.15, 0.2) is 0 Å². The number of unbranched alkanes of at least 4 members (excludes halogenated alkanes) is 2. The Bertz CT molecular complexity index is 1740. The van der Waals surface area contributed by atoms with Crippen LogP contribution in [0, 0.1) is 25.6 Å². The van der Waals surface area contributed by atoms with Crippen molar-refractivity contribution in [1.82, 2.24) is 25.4 Å². The largest absolute Gasteiger partial charge is 0.464 e. The lowest BCUT2D eigenvalue weighted by molar-refractivity contribution is -0.790. The zero-order valence-corrected chi connectivity index (χ0v) is 36.7. The third-order valence-corrected chi connectivity index (χ3v) is 10.3. The number of ether oxygens (including phenoxy) is 2. The maximum atomic E-state index is 14.0. The maximum Gasteiger partial charge on any atom is 0.418 e. The second-order valence-electron chi connectivity index (χ2n) is 16.4. The molecule has 20 heteroatoms. The number of para-hydroxylation sites is 1. The van der Waals surface area contributed by atoms with Crippen LogP contribution < -0.4 is 16.0 Å². The Morgan fingerprint density at radius 3 is 2.13 bits per heavy atom. The molecule has 1 aliphatic rings. The highest BCUT2D eigenvalue weighted by Gasteiger charge is 2.32. The third-order valence-electron chi connectivity index (χ3n) is 10.3. The molecule has 6 atom stereocenters. The van der Waals surface area contributed by atoms with Crippen LogP contribution in [-0.4, -0.2) is 114 Å². The van der Waals surface area contributed by atoms with Gasteiger partial charge in [-0.05, 0) is 89.3 Å². The quantitative estimate of drug-likeness (QED) is 0.0443. The summed E-state index contributed by atoms with van der Waals surface area (Å²) in [5.74, 6) is -1.76. The van der Waals surface area contributed by atoms with Crippen LogP contribution in [0.2, 0.25) is 0 Å². The van der Waals surface area contributed by atoms with Crippen LogP contribution in [0.4, 0.5) is 4.79 Å². The highest BCUT2D eigenvalue weighted by Crippen LogP contribution is 2.25. The van der Waals surface area contributed by atoms with Crippen molar-refractivity contribution in [2.75, 3.05) is 27.4 Å². The lowest BCUT2D eigenvalue weighted by atomic mass is 9.87. The van der Waals surface area contributed by atoms with E-state index in [1.165, 1.54) is 30.9 Å². The topological polar surface area (TPSA) is 253 Å². The summed E-state index contributed by atoms with van der Waals surface area (Å²) in [6.45, 7) is 11.4. The molecule has 0 radical (unpaired) electrons. The first-order chi connectivity index (χ1) is 28.8. The number of amides is 3. The predicted molar refractivity (Wildman–Crippen MR) is 224 cm³/mol. The first-order valence-electron chi connectivity index (χ1n) is 20.8. The summed E-state index contributed by atoms with van der Waals surface area (Å²) in [7, 11) is 2.91. The number of benzene rings is 1. The molecule has 0 bridgehead atoms. The molecule has 2 aromatic rings. The minimum Gasteiger partial charge on any atom is -0.464 e. The van der Waals surface area contributed by atoms with Gasteiger partial charge in [-0.25, -0.2) is 9.59 Å². The average molecular weight is 864 g/mol. The molecule has 1 aromatic heterocycles. The van der Waals surface area contributed by atoms with Gasteiger partial charge in [0.1, 0.15) is 24.8 Å². The Hall–Kier alpha value is -5.53. The molecule has 1 fully saturated rings. The number of likely N-dealkylation sites (tertiary alicyclic amines) is 1. The molecule has 3 rings (SSSR count). The summed E-state index contributed by atoms with van der Waals surface area (Å²) >= 11 is 0. The number of aromatic nitrogens is 1. The van der Waals surface area contributed by atoms with E-state index in [0.717, 1.165) is 6.41 Å². The molecule has 1 aliphatic heterocycles. The summed E-state index contributed by atoms with van der Waals surface area (Å²) in [5, 5.41) is 28.3. The number of hydrogen-bond acceptors (Lipinski definition) is 14. The predicted octanol–water partition coefficient (Wildman–Crippen LogP) is 4.89. The van der Waals surface area contributed by atoms with E-state index in [1.54, 1.807) is 37.5 Å². The van der Waals surface area contributed by atoms with Crippen molar-refractivity contribution in [3.63, 3.8) is 0 Å². The zero-order valence-electron chi connectivity index (χ0n) is 36.7. The fourth-order valence-corrected chi connectivity index (χ4v) is 7.06. The van der Waals surface area contributed by atoms with Crippen LogP contribution in [0.3, 0.4) is 0 Å². The highest BCUT2D eigenvalue weighted by atomic mass is 17.0. The molecule has 0 spiro atoms. The lowest BCUT2D eigenvalue weighted by Gasteiger charge is -2.35. The molecule has 61 heavy (non-hydrogen) atoms. The molecule has 3 amide bonds. The number of nitrogens with one attached hydrogen (secondary N) is 3. The number of carbonyl (C=O) groups is 5. The van der Waals surface area contributed by atoms with Gasteiger partial charge >= 0.3 is 12.1 Å². The summed E-state index contributed by atoms with van der Waals surface area (Å²) in [6, 6.07) is 5.16. The Balaban J connectivity index is 0.00000112. The van der Waals surface area contributed by atoms with Crippen LogP contribution >= 0.6 is 0 Å². The van der Waals surface area contributed by atoms with Gasteiger partial charge in [-0.15, -0.1) is 20.2 Å². The van der Waals surface area contributed by atoms with Crippen molar-refractivity contribution in [3.8, 4) is 0 Å². The number of esters is 1. The van der Waals surface area contributed by atoms with Crippen LogP contribution in [-0.2, 0) is 44.7 Å². The Morgan fingerprint density at radius 1 is 0.934 bits per heavy atom. The van der Waals surface area contributed by atoms with Gasteiger partial charge in [0.25, 0.3) is 10.2 Å². The van der Waals surface area contributed by atoms with E-state index in [1.807, 2.05) is 32.6 Å². The second kappa shape index (κ2) is 25.9. The van der Waals surface area contributed by atoms with Gasteiger partial charge < -0.3 is 40.0 Å². The second-order valence-corrected chi connectivity index (χ2v) is 16.4. The fraction of sp³-hybridized carbons (Fsp3) is 0.683. The molecule has 6 unspecified atom stereocenters. The molecule has 1 saturated heterocycles. The molecular formula is C41H65N7O13. The van der Waals surface area contributed by atoms with Gasteiger partial charge in [-0.1, -0.05) is 58.7 Å². The van der Waals surface area contributed by atoms with E-state index in [-0.39, 0.29) is 44.1 Å². The molecule has 342 valence electrons. The van der Waals surface area contributed by atoms with Crippen molar-refractivity contribution in [2.24, 2.45) is 5.41 Å². The fourth-order valence-electron chi connectivity index (χ4n) is 7.06. The zero-order chi connectivity index (χ0) is 45.7. The number of rotatable bonds is 23. The number of piperidine rings is 1. The van der Waals surface area contributed by atoms with Crippen LogP contribution in [0.1, 0.15) is 111 Å². The Kier molecular flexibility index (Phi) is 22.0. The van der Waals surface area contributed by atoms with Crippen molar-refractivity contribution >= 4 is 41.2 Å². The minimum absolute atomic E-state index is 0.0167.